The second kappa shape index (κ2) is 7.41. The van der Waals surface area contributed by atoms with E-state index in [0.29, 0.717) is 12.3 Å². The molecule has 1 saturated heterocycles. The molecule has 0 unspecified atom stereocenters. The maximum Gasteiger partial charge on any atom is 0.220 e. The zero-order chi connectivity index (χ0) is 15.3. The van der Waals surface area contributed by atoms with Crippen molar-refractivity contribution in [2.24, 2.45) is 5.92 Å². The van der Waals surface area contributed by atoms with Crippen molar-refractivity contribution in [2.75, 3.05) is 13.1 Å². The second-order valence-electron chi connectivity index (χ2n) is 6.41. The van der Waals surface area contributed by atoms with Gasteiger partial charge in [-0.25, -0.2) is 0 Å². The Balaban J connectivity index is 1.84. The molecule has 4 heteroatoms. The zero-order valence-electron chi connectivity index (χ0n) is 12.9. The summed E-state index contributed by atoms with van der Waals surface area (Å²) in [7, 11) is 0. The van der Waals surface area contributed by atoms with Crippen LogP contribution >= 0.6 is 15.9 Å². The molecule has 0 saturated carbocycles. The predicted molar refractivity (Wildman–Crippen MR) is 90.1 cm³/mol. The van der Waals surface area contributed by atoms with Gasteiger partial charge < -0.3 is 10.6 Å². The van der Waals surface area contributed by atoms with Gasteiger partial charge in [0.05, 0.1) is 5.54 Å². The lowest BCUT2D eigenvalue weighted by atomic mass is 9.91. The van der Waals surface area contributed by atoms with Crippen LogP contribution in [0.15, 0.2) is 28.7 Å². The number of hydrogen-bond donors (Lipinski definition) is 2. The Kier molecular flexibility index (Phi) is 5.82. The summed E-state index contributed by atoms with van der Waals surface area (Å²) < 4.78 is 1.05. The van der Waals surface area contributed by atoms with E-state index in [4.69, 9.17) is 0 Å². The Hall–Kier alpha value is -0.870. The molecule has 1 heterocycles. The minimum Gasteiger partial charge on any atom is -0.347 e. The zero-order valence-corrected chi connectivity index (χ0v) is 14.5. The highest BCUT2D eigenvalue weighted by Crippen LogP contribution is 2.23. The van der Waals surface area contributed by atoms with Crippen molar-refractivity contribution >= 4 is 21.8 Å². The molecule has 0 bridgehead atoms. The second-order valence-corrected chi connectivity index (χ2v) is 7.33. The highest BCUT2D eigenvalue weighted by Gasteiger charge is 2.23. The first kappa shape index (κ1) is 16.5. The molecular weight excluding hydrogens is 328 g/mol. The smallest absolute Gasteiger partial charge is 0.220 e. The van der Waals surface area contributed by atoms with Crippen LogP contribution in [0.1, 0.15) is 45.1 Å². The summed E-state index contributed by atoms with van der Waals surface area (Å²) in [5.74, 6) is 0.856. The summed E-state index contributed by atoms with van der Waals surface area (Å²) in [5, 5.41) is 6.52. The number of piperidine rings is 1. The maximum absolute atomic E-state index is 12.2. The van der Waals surface area contributed by atoms with Gasteiger partial charge in [-0.1, -0.05) is 28.1 Å². The highest BCUT2D eigenvalue weighted by atomic mass is 79.9. The molecule has 1 aliphatic heterocycles. The first-order valence-corrected chi connectivity index (χ1v) is 8.54. The molecule has 0 spiro atoms. The molecule has 1 aromatic carbocycles. The summed E-state index contributed by atoms with van der Waals surface area (Å²) >= 11 is 3.44. The minimum atomic E-state index is -0.327. The molecule has 3 nitrogen and oxygen atoms in total. The van der Waals surface area contributed by atoms with Crippen LogP contribution < -0.4 is 10.6 Å². The van der Waals surface area contributed by atoms with E-state index in [1.807, 2.05) is 12.1 Å². The van der Waals surface area contributed by atoms with E-state index in [2.05, 4.69) is 52.5 Å². The molecule has 0 radical (unpaired) electrons. The van der Waals surface area contributed by atoms with Gasteiger partial charge in [0.2, 0.25) is 5.91 Å². The van der Waals surface area contributed by atoms with Gasteiger partial charge in [-0.3, -0.25) is 4.79 Å². The third kappa shape index (κ3) is 5.11. The van der Waals surface area contributed by atoms with E-state index >= 15 is 0 Å². The van der Waals surface area contributed by atoms with Crippen LogP contribution in [0.4, 0.5) is 0 Å². The van der Waals surface area contributed by atoms with Gasteiger partial charge >= 0.3 is 0 Å². The van der Waals surface area contributed by atoms with E-state index < -0.39 is 0 Å². The van der Waals surface area contributed by atoms with E-state index in [1.54, 1.807) is 0 Å². The van der Waals surface area contributed by atoms with Crippen molar-refractivity contribution in [2.45, 2.75) is 45.1 Å². The van der Waals surface area contributed by atoms with Gasteiger partial charge in [0.25, 0.3) is 0 Å². The Morgan fingerprint density at radius 2 is 1.90 bits per heavy atom. The van der Waals surface area contributed by atoms with Gasteiger partial charge in [-0.05, 0) is 69.8 Å². The topological polar surface area (TPSA) is 41.1 Å². The number of rotatable bonds is 5. The number of benzene rings is 1. The number of halogens is 1. The van der Waals surface area contributed by atoms with Crippen molar-refractivity contribution < 1.29 is 4.79 Å². The SMILES string of the molecule is CC(C)(NC(=O)CCC1CCNCC1)c1ccc(Br)cc1. The van der Waals surface area contributed by atoms with Crippen LogP contribution in [0, 0.1) is 5.92 Å². The third-order valence-electron chi connectivity index (χ3n) is 4.26. The monoisotopic (exact) mass is 352 g/mol. The molecule has 2 N–H and O–H groups in total. The Morgan fingerprint density at radius 3 is 2.52 bits per heavy atom. The van der Waals surface area contributed by atoms with E-state index in [1.165, 1.54) is 12.8 Å². The molecular formula is C17H25BrN2O. The Labute approximate surface area is 136 Å². The van der Waals surface area contributed by atoms with E-state index in [9.17, 15) is 4.79 Å². The Bertz CT molecular complexity index is 464. The van der Waals surface area contributed by atoms with E-state index in [-0.39, 0.29) is 11.4 Å². The van der Waals surface area contributed by atoms with Gasteiger partial charge in [-0.2, -0.15) is 0 Å². The lowest BCUT2D eigenvalue weighted by Gasteiger charge is -2.28. The Morgan fingerprint density at radius 1 is 1.29 bits per heavy atom. The number of amides is 1. The minimum absolute atomic E-state index is 0.154. The standard InChI is InChI=1S/C17H25BrN2O/c1-17(2,14-4-6-15(18)7-5-14)20-16(21)8-3-13-9-11-19-12-10-13/h4-7,13,19H,3,8-12H2,1-2H3,(H,20,21). The molecule has 0 atom stereocenters. The molecule has 2 rings (SSSR count). The highest BCUT2D eigenvalue weighted by molar-refractivity contribution is 9.10. The number of hydrogen-bond acceptors (Lipinski definition) is 2. The number of carbonyl (C=O) groups is 1. The fourth-order valence-corrected chi connectivity index (χ4v) is 3.12. The first-order valence-electron chi connectivity index (χ1n) is 7.75. The third-order valence-corrected chi connectivity index (χ3v) is 4.78. The average Bonchev–Trinajstić information content (AvgIpc) is 2.46. The molecule has 1 amide bonds. The van der Waals surface area contributed by atoms with Crippen molar-refractivity contribution in [3.05, 3.63) is 34.3 Å². The lowest BCUT2D eigenvalue weighted by Crippen LogP contribution is -2.41. The molecule has 1 fully saturated rings. The van der Waals surface area contributed by atoms with Crippen LogP contribution in [0.25, 0.3) is 0 Å². The number of carbonyl (C=O) groups excluding carboxylic acids is 1. The summed E-state index contributed by atoms with van der Waals surface area (Å²) in [6, 6.07) is 8.13. The largest absolute Gasteiger partial charge is 0.347 e. The van der Waals surface area contributed by atoms with Crippen molar-refractivity contribution in [3.8, 4) is 0 Å². The van der Waals surface area contributed by atoms with Crippen molar-refractivity contribution in [3.63, 3.8) is 0 Å². The van der Waals surface area contributed by atoms with Gasteiger partial charge in [0.15, 0.2) is 0 Å². The lowest BCUT2D eigenvalue weighted by molar-refractivity contribution is -0.123. The van der Waals surface area contributed by atoms with Crippen LogP contribution in [-0.2, 0) is 10.3 Å². The summed E-state index contributed by atoms with van der Waals surface area (Å²) in [6.07, 6.45) is 4.03. The molecule has 0 aliphatic carbocycles. The summed E-state index contributed by atoms with van der Waals surface area (Å²) in [4.78, 5) is 12.2. The quantitative estimate of drug-likeness (QED) is 0.850. The molecule has 1 aliphatic rings. The van der Waals surface area contributed by atoms with Crippen LogP contribution in [0.5, 0.6) is 0 Å². The van der Waals surface area contributed by atoms with Gasteiger partial charge in [0.1, 0.15) is 0 Å². The summed E-state index contributed by atoms with van der Waals surface area (Å²) in [6.45, 7) is 6.30. The normalized spacial score (nSPS) is 16.7. The number of nitrogens with one attached hydrogen (secondary N) is 2. The molecule has 0 aromatic heterocycles. The molecule has 1 aromatic rings. The molecule has 21 heavy (non-hydrogen) atoms. The van der Waals surface area contributed by atoms with Crippen LogP contribution in [0.2, 0.25) is 0 Å². The van der Waals surface area contributed by atoms with Gasteiger partial charge in [-0.15, -0.1) is 0 Å². The van der Waals surface area contributed by atoms with E-state index in [0.717, 1.165) is 29.5 Å². The summed E-state index contributed by atoms with van der Waals surface area (Å²) in [5.41, 5.74) is 0.798. The predicted octanol–water partition coefficient (Wildman–Crippen LogP) is 3.58. The van der Waals surface area contributed by atoms with Crippen molar-refractivity contribution in [1.29, 1.82) is 0 Å². The molecule has 116 valence electrons. The average molecular weight is 353 g/mol. The maximum atomic E-state index is 12.2. The first-order chi connectivity index (χ1) is 9.97. The van der Waals surface area contributed by atoms with Crippen LogP contribution in [0.3, 0.4) is 0 Å². The van der Waals surface area contributed by atoms with Crippen molar-refractivity contribution in [1.82, 2.24) is 10.6 Å². The van der Waals surface area contributed by atoms with Crippen LogP contribution in [-0.4, -0.2) is 19.0 Å². The van der Waals surface area contributed by atoms with Gasteiger partial charge in [0, 0.05) is 10.9 Å². The fourth-order valence-electron chi connectivity index (χ4n) is 2.86. The fraction of sp³-hybridized carbons (Fsp3) is 0.588.